The number of nitrogens with one attached hydrogen (secondary N) is 2. The number of fused-ring (bicyclic) bond motifs is 1. The van der Waals surface area contributed by atoms with Gasteiger partial charge in [-0.25, -0.2) is 0 Å². The summed E-state index contributed by atoms with van der Waals surface area (Å²) in [5.74, 6) is -0.116. The number of carbonyl (C=O) groups excluding carboxylic acids is 1. The smallest absolute Gasteiger partial charge is 0.251 e. The molecule has 0 bridgehead atoms. The highest BCUT2D eigenvalue weighted by Gasteiger charge is 2.18. The van der Waals surface area contributed by atoms with E-state index in [1.807, 2.05) is 43.3 Å². The topological polar surface area (TPSA) is 61.4 Å². The van der Waals surface area contributed by atoms with Gasteiger partial charge in [-0.2, -0.15) is 0 Å². The first-order chi connectivity index (χ1) is 11.1. The van der Waals surface area contributed by atoms with Gasteiger partial charge >= 0.3 is 0 Å². The third kappa shape index (κ3) is 3.60. The number of aliphatic hydroxyl groups is 1. The molecule has 1 amide bonds. The Morgan fingerprint density at radius 1 is 1.26 bits per heavy atom. The molecule has 3 rings (SSSR count). The summed E-state index contributed by atoms with van der Waals surface area (Å²) >= 11 is 0. The number of carbonyl (C=O) groups is 1. The number of hydrogen-bond acceptors (Lipinski definition) is 3. The lowest BCUT2D eigenvalue weighted by atomic mass is 9.95. The van der Waals surface area contributed by atoms with Crippen LogP contribution in [0, 0.1) is 6.92 Å². The molecule has 3 N–H and O–H groups in total. The zero-order valence-corrected chi connectivity index (χ0v) is 13.3. The van der Waals surface area contributed by atoms with Gasteiger partial charge in [0.25, 0.3) is 5.91 Å². The van der Waals surface area contributed by atoms with E-state index in [9.17, 15) is 9.90 Å². The maximum absolute atomic E-state index is 12.5. The predicted octanol–water partition coefficient (Wildman–Crippen LogP) is 2.10. The second-order valence-corrected chi connectivity index (χ2v) is 6.01. The van der Waals surface area contributed by atoms with Crippen LogP contribution in [-0.4, -0.2) is 24.1 Å². The molecule has 0 aromatic heterocycles. The molecule has 1 aliphatic rings. The second kappa shape index (κ2) is 6.94. The van der Waals surface area contributed by atoms with Gasteiger partial charge in [0.15, 0.2) is 0 Å². The van der Waals surface area contributed by atoms with Gasteiger partial charge in [-0.15, -0.1) is 0 Å². The van der Waals surface area contributed by atoms with Crippen molar-refractivity contribution in [2.75, 3.05) is 13.1 Å². The van der Waals surface area contributed by atoms with Crippen molar-refractivity contribution in [2.24, 2.45) is 0 Å². The van der Waals surface area contributed by atoms with Crippen molar-refractivity contribution in [1.82, 2.24) is 10.6 Å². The van der Waals surface area contributed by atoms with Gasteiger partial charge in [-0.05, 0) is 42.6 Å². The average Bonchev–Trinajstić information content (AvgIpc) is 2.59. The van der Waals surface area contributed by atoms with Crippen LogP contribution in [0.5, 0.6) is 0 Å². The van der Waals surface area contributed by atoms with E-state index in [0.717, 1.165) is 41.8 Å². The molecule has 120 valence electrons. The molecular formula is C19H22N2O2. The van der Waals surface area contributed by atoms with E-state index in [1.54, 1.807) is 0 Å². The highest BCUT2D eigenvalue weighted by molar-refractivity contribution is 5.96. The minimum Gasteiger partial charge on any atom is -0.387 e. The first kappa shape index (κ1) is 15.7. The Bertz CT molecular complexity index is 695. The molecule has 1 unspecified atom stereocenters. The van der Waals surface area contributed by atoms with Crippen molar-refractivity contribution in [2.45, 2.75) is 26.0 Å². The molecule has 23 heavy (non-hydrogen) atoms. The van der Waals surface area contributed by atoms with E-state index < -0.39 is 6.10 Å². The number of hydrogen-bond donors (Lipinski definition) is 3. The Labute approximate surface area is 136 Å². The highest BCUT2D eigenvalue weighted by Crippen LogP contribution is 2.19. The lowest BCUT2D eigenvalue weighted by Crippen LogP contribution is -2.31. The van der Waals surface area contributed by atoms with Gasteiger partial charge in [-0.3, -0.25) is 4.79 Å². The summed E-state index contributed by atoms with van der Waals surface area (Å²) in [4.78, 5) is 12.5. The molecule has 1 heterocycles. The van der Waals surface area contributed by atoms with Crippen molar-refractivity contribution >= 4 is 5.91 Å². The normalized spacial score (nSPS) is 14.9. The summed E-state index contributed by atoms with van der Waals surface area (Å²) in [6.45, 7) is 3.92. The number of rotatable bonds is 4. The third-order valence-corrected chi connectivity index (χ3v) is 4.30. The maximum atomic E-state index is 12.5. The van der Waals surface area contributed by atoms with E-state index in [2.05, 4.69) is 16.7 Å². The Hall–Kier alpha value is -2.17. The molecule has 4 nitrogen and oxygen atoms in total. The molecule has 0 spiro atoms. The number of benzene rings is 2. The van der Waals surface area contributed by atoms with E-state index >= 15 is 0 Å². The van der Waals surface area contributed by atoms with Gasteiger partial charge in [0.05, 0.1) is 6.10 Å². The van der Waals surface area contributed by atoms with E-state index in [1.165, 1.54) is 5.56 Å². The first-order valence-corrected chi connectivity index (χ1v) is 7.99. The standard InChI is InChI=1S/C19H22N2O2/c1-13-5-7-14(8-6-13)18(22)12-21-19(23)17-4-2-3-15-11-20-10-9-16(15)17/h2-8,18,20,22H,9-12H2,1H3,(H,21,23). The summed E-state index contributed by atoms with van der Waals surface area (Å²) in [5.41, 5.74) is 4.99. The largest absolute Gasteiger partial charge is 0.387 e. The third-order valence-electron chi connectivity index (χ3n) is 4.30. The second-order valence-electron chi connectivity index (χ2n) is 6.01. The number of amides is 1. The zero-order chi connectivity index (χ0) is 16.2. The summed E-state index contributed by atoms with van der Waals surface area (Å²) in [5, 5.41) is 16.4. The fourth-order valence-electron chi connectivity index (χ4n) is 2.94. The van der Waals surface area contributed by atoms with Gasteiger partial charge in [0, 0.05) is 18.7 Å². The van der Waals surface area contributed by atoms with Gasteiger partial charge < -0.3 is 15.7 Å². The average molecular weight is 310 g/mol. The van der Waals surface area contributed by atoms with Gasteiger partial charge in [0.2, 0.25) is 0 Å². The summed E-state index contributed by atoms with van der Waals surface area (Å²) in [7, 11) is 0. The fourth-order valence-corrected chi connectivity index (χ4v) is 2.94. The van der Waals surface area contributed by atoms with Gasteiger partial charge in [0.1, 0.15) is 0 Å². The first-order valence-electron chi connectivity index (χ1n) is 7.99. The van der Waals surface area contributed by atoms with Crippen LogP contribution in [0.25, 0.3) is 0 Å². The van der Waals surface area contributed by atoms with Crippen LogP contribution in [0.3, 0.4) is 0 Å². The summed E-state index contributed by atoms with van der Waals surface area (Å²) in [6.07, 6.45) is 0.167. The van der Waals surface area contributed by atoms with Crippen LogP contribution in [0.4, 0.5) is 0 Å². The molecule has 0 radical (unpaired) electrons. The maximum Gasteiger partial charge on any atom is 0.251 e. The molecule has 1 atom stereocenters. The van der Waals surface area contributed by atoms with Gasteiger partial charge in [-0.1, -0.05) is 42.0 Å². The lowest BCUT2D eigenvalue weighted by Gasteiger charge is -2.20. The van der Waals surface area contributed by atoms with Crippen molar-refractivity contribution in [1.29, 1.82) is 0 Å². The van der Waals surface area contributed by atoms with Crippen LogP contribution in [0.2, 0.25) is 0 Å². The number of aliphatic hydroxyl groups excluding tert-OH is 1. The summed E-state index contributed by atoms with van der Waals surface area (Å²) < 4.78 is 0. The van der Waals surface area contributed by atoms with Crippen molar-refractivity contribution < 1.29 is 9.90 Å². The molecule has 1 aliphatic heterocycles. The Morgan fingerprint density at radius 2 is 2.04 bits per heavy atom. The van der Waals surface area contributed by atoms with E-state index in [4.69, 9.17) is 0 Å². The van der Waals surface area contributed by atoms with Crippen LogP contribution in [0.1, 0.15) is 38.7 Å². The van der Waals surface area contributed by atoms with Crippen LogP contribution in [-0.2, 0) is 13.0 Å². The fraction of sp³-hybridized carbons (Fsp3) is 0.316. The molecule has 0 saturated carbocycles. The van der Waals surface area contributed by atoms with E-state index in [-0.39, 0.29) is 12.5 Å². The molecular weight excluding hydrogens is 288 g/mol. The Morgan fingerprint density at radius 3 is 2.83 bits per heavy atom. The zero-order valence-electron chi connectivity index (χ0n) is 13.3. The highest BCUT2D eigenvalue weighted by atomic mass is 16.3. The quantitative estimate of drug-likeness (QED) is 0.810. The molecule has 4 heteroatoms. The lowest BCUT2D eigenvalue weighted by molar-refractivity contribution is 0.0915. The van der Waals surface area contributed by atoms with Crippen molar-refractivity contribution in [3.63, 3.8) is 0 Å². The molecule has 0 aliphatic carbocycles. The minimum atomic E-state index is -0.694. The van der Waals surface area contributed by atoms with Crippen molar-refractivity contribution in [3.8, 4) is 0 Å². The molecule has 2 aromatic carbocycles. The predicted molar refractivity (Wildman–Crippen MR) is 90.3 cm³/mol. The van der Waals surface area contributed by atoms with Crippen molar-refractivity contribution in [3.05, 3.63) is 70.3 Å². The minimum absolute atomic E-state index is 0.116. The monoisotopic (exact) mass is 310 g/mol. The molecule has 0 fully saturated rings. The number of aryl methyl sites for hydroxylation is 1. The summed E-state index contributed by atoms with van der Waals surface area (Å²) in [6, 6.07) is 13.5. The Balaban J connectivity index is 1.67. The van der Waals surface area contributed by atoms with Crippen LogP contribution >= 0.6 is 0 Å². The Kier molecular flexibility index (Phi) is 4.74. The SMILES string of the molecule is Cc1ccc(C(O)CNC(=O)c2cccc3c2CCNC3)cc1. The van der Waals surface area contributed by atoms with Crippen LogP contribution in [0.15, 0.2) is 42.5 Å². The van der Waals surface area contributed by atoms with E-state index in [0.29, 0.717) is 0 Å². The molecule has 0 saturated heterocycles. The molecule has 2 aromatic rings. The van der Waals surface area contributed by atoms with Crippen LogP contribution < -0.4 is 10.6 Å².